The molecule has 0 aromatic rings. The van der Waals surface area contributed by atoms with Crippen LogP contribution in [0, 0.1) is 0 Å². The van der Waals surface area contributed by atoms with Gasteiger partial charge in [0.2, 0.25) is 0 Å². The Morgan fingerprint density at radius 1 is 0.577 bits per heavy atom. The van der Waals surface area contributed by atoms with Crippen LogP contribution in [0.2, 0.25) is 5.54 Å². The van der Waals surface area contributed by atoms with Crippen molar-refractivity contribution >= 4 is 39.3 Å². The van der Waals surface area contributed by atoms with E-state index >= 15 is 0 Å². The predicted molar refractivity (Wildman–Crippen MR) is 121 cm³/mol. The molecule has 0 N–H and O–H groups in total. The lowest BCUT2D eigenvalue weighted by molar-refractivity contribution is 0.312. The third kappa shape index (κ3) is 13.8. The van der Waals surface area contributed by atoms with Crippen molar-refractivity contribution in [2.45, 2.75) is 116 Å². The molecule has 1 aliphatic rings. The van der Waals surface area contributed by atoms with E-state index in [0.29, 0.717) is 5.54 Å². The highest BCUT2D eigenvalue weighted by atomic mass is 28.4. The molecular formula is C18H44O4Si4. The normalized spacial score (nSPS) is 22.6. The minimum atomic E-state index is -1.52. The van der Waals surface area contributed by atoms with Crippen LogP contribution in [0.15, 0.2) is 0 Å². The summed E-state index contributed by atoms with van der Waals surface area (Å²) in [5.41, 5.74) is 0.676. The van der Waals surface area contributed by atoms with Crippen LogP contribution in [-0.2, 0) is 16.5 Å². The zero-order valence-electron chi connectivity index (χ0n) is 17.5. The van der Waals surface area contributed by atoms with Crippen molar-refractivity contribution in [1.82, 2.24) is 0 Å². The summed E-state index contributed by atoms with van der Waals surface area (Å²) in [4.78, 5) is 0. The summed E-state index contributed by atoms with van der Waals surface area (Å²) in [6.45, 7) is 4.57. The molecule has 1 saturated heterocycles. The second kappa shape index (κ2) is 19.0. The fraction of sp³-hybridized carbons (Fsp3) is 1.00. The number of hydrogen-bond acceptors (Lipinski definition) is 4. The number of hydrogen-bond donors (Lipinski definition) is 0. The molecule has 0 saturated carbocycles. The van der Waals surface area contributed by atoms with Crippen molar-refractivity contribution in [2.75, 3.05) is 0 Å². The maximum absolute atomic E-state index is 6.08. The van der Waals surface area contributed by atoms with Gasteiger partial charge in [0, 0.05) is 0 Å². The van der Waals surface area contributed by atoms with E-state index in [1.165, 1.54) is 96.3 Å². The SMILES string of the molecule is CCCCCCCCCCCCCCC(CCC)[SiH]1O[SiH2]O[SiH2]O[SiH2]O1. The van der Waals surface area contributed by atoms with Gasteiger partial charge in [-0.3, -0.25) is 0 Å². The van der Waals surface area contributed by atoms with Crippen LogP contribution in [0.25, 0.3) is 0 Å². The van der Waals surface area contributed by atoms with E-state index in [0.717, 1.165) is 0 Å². The molecule has 8 heteroatoms. The fourth-order valence-electron chi connectivity index (χ4n) is 3.71. The first-order chi connectivity index (χ1) is 12.9. The molecule has 1 rings (SSSR count). The van der Waals surface area contributed by atoms with Crippen molar-refractivity contribution in [3.63, 3.8) is 0 Å². The van der Waals surface area contributed by atoms with Gasteiger partial charge in [-0.25, -0.2) is 0 Å². The summed E-state index contributed by atoms with van der Waals surface area (Å²) in [7, 11) is -3.90. The van der Waals surface area contributed by atoms with Crippen LogP contribution in [0.1, 0.15) is 110 Å². The average molecular weight is 437 g/mol. The smallest absolute Gasteiger partial charge is 0.306 e. The van der Waals surface area contributed by atoms with E-state index in [2.05, 4.69) is 13.8 Å². The summed E-state index contributed by atoms with van der Waals surface area (Å²) in [5.74, 6) is 0. The van der Waals surface area contributed by atoms with E-state index in [-0.39, 0.29) is 0 Å². The van der Waals surface area contributed by atoms with Gasteiger partial charge in [-0.05, 0) is 18.4 Å². The molecule has 0 bridgehead atoms. The average Bonchev–Trinajstić information content (AvgIpc) is 2.62. The molecule has 1 heterocycles. The quantitative estimate of drug-likeness (QED) is 0.274. The first-order valence-corrected chi connectivity index (χ1v) is 16.3. The van der Waals surface area contributed by atoms with E-state index in [1.807, 2.05) is 0 Å². The summed E-state index contributed by atoms with van der Waals surface area (Å²) < 4.78 is 23.3. The van der Waals surface area contributed by atoms with Gasteiger partial charge in [-0.15, -0.1) is 0 Å². The lowest BCUT2D eigenvalue weighted by Crippen LogP contribution is -2.37. The Balaban J connectivity index is 1.99. The van der Waals surface area contributed by atoms with Gasteiger partial charge in [-0.2, -0.15) is 0 Å². The first-order valence-electron chi connectivity index (χ1n) is 11.3. The van der Waals surface area contributed by atoms with Crippen LogP contribution in [-0.4, -0.2) is 39.3 Å². The molecule has 0 aromatic carbocycles. The Bertz CT molecular complexity index is 292. The molecule has 1 aliphatic heterocycles. The minimum Gasteiger partial charge on any atom is -0.425 e. The third-order valence-electron chi connectivity index (χ3n) is 5.27. The highest BCUT2D eigenvalue weighted by molar-refractivity contribution is 6.61. The number of rotatable bonds is 16. The largest absolute Gasteiger partial charge is 0.425 e. The van der Waals surface area contributed by atoms with E-state index < -0.39 is 39.3 Å². The van der Waals surface area contributed by atoms with Gasteiger partial charge in [0.25, 0.3) is 30.0 Å². The molecule has 0 aliphatic carbocycles. The molecule has 4 nitrogen and oxygen atoms in total. The van der Waals surface area contributed by atoms with Crippen molar-refractivity contribution in [1.29, 1.82) is 0 Å². The second-order valence-corrected chi connectivity index (χ2v) is 16.0. The Kier molecular flexibility index (Phi) is 18.1. The minimum absolute atomic E-state index is 0.676. The highest BCUT2D eigenvalue weighted by Crippen LogP contribution is 2.26. The molecule has 156 valence electrons. The van der Waals surface area contributed by atoms with Crippen LogP contribution in [0.4, 0.5) is 0 Å². The maximum Gasteiger partial charge on any atom is 0.306 e. The van der Waals surface area contributed by atoms with Crippen molar-refractivity contribution in [3.8, 4) is 0 Å². The van der Waals surface area contributed by atoms with Gasteiger partial charge >= 0.3 is 9.28 Å². The molecular weight excluding hydrogens is 393 g/mol. The van der Waals surface area contributed by atoms with E-state index in [1.54, 1.807) is 0 Å². The lowest BCUT2D eigenvalue weighted by Gasteiger charge is -2.27. The van der Waals surface area contributed by atoms with Gasteiger partial charge in [0.1, 0.15) is 0 Å². The molecule has 1 unspecified atom stereocenters. The molecule has 26 heavy (non-hydrogen) atoms. The van der Waals surface area contributed by atoms with Crippen LogP contribution < -0.4 is 0 Å². The van der Waals surface area contributed by atoms with Gasteiger partial charge in [0.15, 0.2) is 0 Å². The standard InChI is InChI=1S/C18H44O4Si4/c1-3-5-6-7-8-9-10-11-12-13-14-15-17-18(16-4-2)26-21-24-19-23-20-25-22-26/h18,26H,3-17,23-25H2,1-2H3. The third-order valence-corrected chi connectivity index (χ3v) is 13.1. The van der Waals surface area contributed by atoms with Crippen molar-refractivity contribution < 1.29 is 16.5 Å². The Morgan fingerprint density at radius 2 is 1.08 bits per heavy atom. The summed E-state index contributed by atoms with van der Waals surface area (Å²) in [6.07, 6.45) is 20.8. The van der Waals surface area contributed by atoms with Crippen LogP contribution >= 0.6 is 0 Å². The predicted octanol–water partition coefficient (Wildman–Crippen LogP) is 3.54. The molecule has 1 atom stereocenters. The van der Waals surface area contributed by atoms with Gasteiger partial charge in [-0.1, -0.05) is 97.3 Å². The van der Waals surface area contributed by atoms with E-state index in [9.17, 15) is 0 Å². The summed E-state index contributed by atoms with van der Waals surface area (Å²) in [5, 5.41) is 0. The fourth-order valence-corrected chi connectivity index (χ4v) is 13.9. The molecule has 0 aromatic heterocycles. The molecule has 0 amide bonds. The molecule has 1 fully saturated rings. The molecule has 0 spiro atoms. The Morgan fingerprint density at radius 3 is 1.58 bits per heavy atom. The second-order valence-electron chi connectivity index (χ2n) is 7.69. The Hall–Kier alpha value is 0.708. The topological polar surface area (TPSA) is 36.9 Å². The lowest BCUT2D eigenvalue weighted by atomic mass is 10.0. The van der Waals surface area contributed by atoms with Crippen molar-refractivity contribution in [2.24, 2.45) is 0 Å². The maximum atomic E-state index is 6.08. The van der Waals surface area contributed by atoms with Crippen molar-refractivity contribution in [3.05, 3.63) is 0 Å². The summed E-state index contributed by atoms with van der Waals surface area (Å²) in [6, 6.07) is 0. The van der Waals surface area contributed by atoms with Gasteiger partial charge in [0.05, 0.1) is 0 Å². The van der Waals surface area contributed by atoms with Gasteiger partial charge < -0.3 is 16.5 Å². The van der Waals surface area contributed by atoms with E-state index in [4.69, 9.17) is 16.5 Å². The summed E-state index contributed by atoms with van der Waals surface area (Å²) >= 11 is 0. The van der Waals surface area contributed by atoms with Crippen LogP contribution in [0.3, 0.4) is 0 Å². The Labute approximate surface area is 171 Å². The number of unbranched alkanes of at least 4 members (excludes halogenated alkanes) is 11. The van der Waals surface area contributed by atoms with Crippen LogP contribution in [0.5, 0.6) is 0 Å². The zero-order valence-corrected chi connectivity index (χ0v) is 22.9. The first kappa shape index (κ1) is 24.7. The highest BCUT2D eigenvalue weighted by Gasteiger charge is 2.26. The monoisotopic (exact) mass is 436 g/mol. The molecule has 0 radical (unpaired) electrons. The zero-order chi connectivity index (χ0) is 18.7.